The zero-order chi connectivity index (χ0) is 18.2. The average molecular weight is 357 g/mol. The Labute approximate surface area is 146 Å². The standard InChI is InChI=1S/C18H19N3O3S/c1-11-8-14(9-12(2)18(11)24-3)16-10-20-21-17(16)13-4-6-15(7-5-13)25(19,22)23/h4-10H,1-3H3,(H,20,21)(H2,19,22,23). The van der Waals surface area contributed by atoms with Gasteiger partial charge in [0.1, 0.15) is 5.75 Å². The number of nitrogens with two attached hydrogens (primary N) is 1. The topological polar surface area (TPSA) is 98.1 Å². The second kappa shape index (κ2) is 6.34. The van der Waals surface area contributed by atoms with Crippen molar-refractivity contribution in [2.75, 3.05) is 7.11 Å². The molecule has 0 fully saturated rings. The Kier molecular flexibility index (Phi) is 4.36. The van der Waals surface area contributed by atoms with Crippen molar-refractivity contribution in [1.29, 1.82) is 0 Å². The minimum absolute atomic E-state index is 0.0736. The van der Waals surface area contributed by atoms with Crippen LogP contribution < -0.4 is 9.88 Å². The van der Waals surface area contributed by atoms with Crippen LogP contribution in [0.15, 0.2) is 47.5 Å². The van der Waals surface area contributed by atoms with E-state index in [0.717, 1.165) is 39.3 Å². The lowest BCUT2D eigenvalue weighted by Crippen LogP contribution is -2.11. The number of ether oxygens (including phenoxy) is 1. The first-order chi connectivity index (χ1) is 11.8. The third-order valence-corrected chi connectivity index (χ3v) is 5.00. The van der Waals surface area contributed by atoms with E-state index in [1.54, 1.807) is 19.2 Å². The lowest BCUT2D eigenvalue weighted by Gasteiger charge is -2.11. The molecule has 0 aliphatic carbocycles. The number of H-pyrrole nitrogens is 1. The predicted molar refractivity (Wildman–Crippen MR) is 96.9 cm³/mol. The summed E-state index contributed by atoms with van der Waals surface area (Å²) < 4.78 is 28.2. The van der Waals surface area contributed by atoms with Crippen LogP contribution in [0.3, 0.4) is 0 Å². The predicted octanol–water partition coefficient (Wildman–Crippen LogP) is 3.02. The Bertz CT molecular complexity index is 999. The Morgan fingerprint density at radius 3 is 2.16 bits per heavy atom. The van der Waals surface area contributed by atoms with Crippen LogP contribution in [0.25, 0.3) is 22.4 Å². The van der Waals surface area contributed by atoms with Gasteiger partial charge in [-0.15, -0.1) is 0 Å². The Balaban J connectivity index is 2.07. The largest absolute Gasteiger partial charge is 0.496 e. The Morgan fingerprint density at radius 1 is 1.04 bits per heavy atom. The molecular formula is C18H19N3O3S. The highest BCUT2D eigenvalue weighted by Crippen LogP contribution is 2.34. The van der Waals surface area contributed by atoms with E-state index in [2.05, 4.69) is 10.2 Å². The Morgan fingerprint density at radius 2 is 1.64 bits per heavy atom. The van der Waals surface area contributed by atoms with Gasteiger partial charge < -0.3 is 4.74 Å². The third kappa shape index (κ3) is 3.29. The molecule has 0 amide bonds. The van der Waals surface area contributed by atoms with Crippen molar-refractivity contribution in [3.63, 3.8) is 0 Å². The van der Waals surface area contributed by atoms with Gasteiger partial charge in [-0.2, -0.15) is 5.10 Å². The minimum Gasteiger partial charge on any atom is -0.496 e. The highest BCUT2D eigenvalue weighted by molar-refractivity contribution is 7.89. The van der Waals surface area contributed by atoms with Gasteiger partial charge in [0.15, 0.2) is 0 Å². The van der Waals surface area contributed by atoms with Crippen LogP contribution in [-0.4, -0.2) is 25.7 Å². The molecule has 3 aromatic rings. The van der Waals surface area contributed by atoms with Gasteiger partial charge in [-0.1, -0.05) is 12.1 Å². The fourth-order valence-electron chi connectivity index (χ4n) is 2.96. The van der Waals surface area contributed by atoms with Crippen molar-refractivity contribution >= 4 is 10.0 Å². The molecule has 6 nitrogen and oxygen atoms in total. The molecule has 0 saturated heterocycles. The number of hydrogen-bond acceptors (Lipinski definition) is 4. The van der Waals surface area contributed by atoms with E-state index in [-0.39, 0.29) is 4.90 Å². The molecule has 3 rings (SSSR count). The average Bonchev–Trinajstić information content (AvgIpc) is 3.03. The molecule has 2 aromatic carbocycles. The maximum atomic E-state index is 11.4. The normalized spacial score (nSPS) is 11.5. The second-order valence-electron chi connectivity index (χ2n) is 5.86. The zero-order valence-corrected chi connectivity index (χ0v) is 15.0. The van der Waals surface area contributed by atoms with E-state index in [0.29, 0.717) is 0 Å². The summed E-state index contributed by atoms with van der Waals surface area (Å²) in [7, 11) is -2.05. The number of benzene rings is 2. The number of aromatic nitrogens is 2. The number of aromatic amines is 1. The molecule has 0 aliphatic rings. The van der Waals surface area contributed by atoms with Gasteiger partial charge in [0.05, 0.1) is 17.7 Å². The number of aryl methyl sites for hydroxylation is 2. The van der Waals surface area contributed by atoms with Crippen LogP contribution in [0, 0.1) is 13.8 Å². The molecule has 0 atom stereocenters. The molecule has 7 heteroatoms. The molecule has 25 heavy (non-hydrogen) atoms. The molecule has 0 unspecified atom stereocenters. The molecule has 0 aliphatic heterocycles. The maximum absolute atomic E-state index is 11.4. The van der Waals surface area contributed by atoms with Gasteiger partial charge in [0.25, 0.3) is 0 Å². The molecule has 130 valence electrons. The van der Waals surface area contributed by atoms with Crippen LogP contribution in [-0.2, 0) is 10.0 Å². The quantitative estimate of drug-likeness (QED) is 0.750. The smallest absolute Gasteiger partial charge is 0.238 e. The van der Waals surface area contributed by atoms with Crippen molar-refractivity contribution in [3.8, 4) is 28.1 Å². The molecular weight excluding hydrogens is 338 g/mol. The first kappa shape index (κ1) is 17.2. The van der Waals surface area contributed by atoms with E-state index in [1.165, 1.54) is 12.1 Å². The van der Waals surface area contributed by atoms with Gasteiger partial charge in [-0.05, 0) is 54.8 Å². The Hall–Kier alpha value is -2.64. The monoisotopic (exact) mass is 357 g/mol. The van der Waals surface area contributed by atoms with Gasteiger partial charge in [-0.3, -0.25) is 5.10 Å². The van der Waals surface area contributed by atoms with E-state index >= 15 is 0 Å². The lowest BCUT2D eigenvalue weighted by atomic mass is 9.98. The van der Waals surface area contributed by atoms with Crippen molar-refractivity contribution in [2.24, 2.45) is 5.14 Å². The number of nitrogens with one attached hydrogen (secondary N) is 1. The highest BCUT2D eigenvalue weighted by Gasteiger charge is 2.15. The van der Waals surface area contributed by atoms with E-state index in [4.69, 9.17) is 9.88 Å². The van der Waals surface area contributed by atoms with Crippen LogP contribution in [0.2, 0.25) is 0 Å². The summed E-state index contributed by atoms with van der Waals surface area (Å²) in [6.45, 7) is 3.99. The van der Waals surface area contributed by atoms with Gasteiger partial charge in [-0.25, -0.2) is 13.6 Å². The number of nitrogens with zero attached hydrogens (tertiary/aromatic N) is 1. The van der Waals surface area contributed by atoms with E-state index < -0.39 is 10.0 Å². The van der Waals surface area contributed by atoms with Gasteiger partial charge in [0, 0.05) is 17.3 Å². The molecule has 0 radical (unpaired) electrons. The number of hydrogen-bond donors (Lipinski definition) is 2. The molecule has 0 saturated carbocycles. The van der Waals surface area contributed by atoms with Crippen LogP contribution in [0.5, 0.6) is 5.75 Å². The summed E-state index contributed by atoms with van der Waals surface area (Å²) in [5.74, 6) is 0.867. The lowest BCUT2D eigenvalue weighted by molar-refractivity contribution is 0.408. The van der Waals surface area contributed by atoms with E-state index in [1.807, 2.05) is 32.2 Å². The van der Waals surface area contributed by atoms with Gasteiger partial charge in [0.2, 0.25) is 10.0 Å². The number of rotatable bonds is 4. The summed E-state index contributed by atoms with van der Waals surface area (Å²) in [5.41, 5.74) is 5.55. The summed E-state index contributed by atoms with van der Waals surface area (Å²) in [6, 6.07) is 10.4. The van der Waals surface area contributed by atoms with Crippen molar-refractivity contribution in [3.05, 3.63) is 53.7 Å². The van der Waals surface area contributed by atoms with Crippen molar-refractivity contribution in [2.45, 2.75) is 18.7 Å². The first-order valence-corrected chi connectivity index (χ1v) is 9.18. The molecule has 0 spiro atoms. The van der Waals surface area contributed by atoms with E-state index in [9.17, 15) is 8.42 Å². The van der Waals surface area contributed by atoms with Crippen LogP contribution in [0.4, 0.5) is 0 Å². The minimum atomic E-state index is -3.71. The van der Waals surface area contributed by atoms with Crippen molar-refractivity contribution in [1.82, 2.24) is 10.2 Å². The number of methoxy groups -OCH3 is 1. The maximum Gasteiger partial charge on any atom is 0.238 e. The number of sulfonamides is 1. The zero-order valence-electron chi connectivity index (χ0n) is 14.2. The first-order valence-electron chi connectivity index (χ1n) is 7.64. The third-order valence-electron chi connectivity index (χ3n) is 4.07. The second-order valence-corrected chi connectivity index (χ2v) is 7.42. The SMILES string of the molecule is COc1c(C)cc(-c2c[nH]nc2-c2ccc(S(N)(=O)=O)cc2)cc1C. The van der Waals surface area contributed by atoms with Crippen LogP contribution in [0.1, 0.15) is 11.1 Å². The summed E-state index contributed by atoms with van der Waals surface area (Å²) >= 11 is 0. The molecule has 0 bridgehead atoms. The highest BCUT2D eigenvalue weighted by atomic mass is 32.2. The summed E-state index contributed by atoms with van der Waals surface area (Å²) in [6.07, 6.45) is 1.82. The fraction of sp³-hybridized carbons (Fsp3) is 0.167. The summed E-state index contributed by atoms with van der Waals surface area (Å²) in [5, 5.41) is 12.3. The molecule has 1 aromatic heterocycles. The molecule has 1 heterocycles. The molecule has 3 N–H and O–H groups in total. The van der Waals surface area contributed by atoms with Gasteiger partial charge >= 0.3 is 0 Å². The van der Waals surface area contributed by atoms with Crippen molar-refractivity contribution < 1.29 is 13.2 Å². The number of primary sulfonamides is 1. The summed E-state index contributed by atoms with van der Waals surface area (Å²) in [4.78, 5) is 0.0736. The fourth-order valence-corrected chi connectivity index (χ4v) is 3.48. The van der Waals surface area contributed by atoms with Crippen LogP contribution >= 0.6 is 0 Å².